The van der Waals surface area contributed by atoms with Gasteiger partial charge >= 0.3 is 5.97 Å². The molecule has 1 N–H and O–H groups in total. The molecule has 0 saturated carbocycles. The maximum atomic E-state index is 13.9. The topological polar surface area (TPSA) is 87.5 Å². The smallest absolute Gasteiger partial charge is 0.338 e. The Morgan fingerprint density at radius 1 is 0.980 bits per heavy atom. The average Bonchev–Trinajstić information content (AvgIpc) is 3.51. The van der Waals surface area contributed by atoms with E-state index in [1.54, 1.807) is 11.8 Å². The third-order valence-corrected chi connectivity index (χ3v) is 10.2. The highest BCUT2D eigenvalue weighted by atomic mass is 79.9. The van der Waals surface area contributed by atoms with Gasteiger partial charge in [-0.3, -0.25) is 0 Å². The zero-order chi connectivity index (χ0) is 35.4. The fourth-order valence-electron chi connectivity index (χ4n) is 5.62. The number of esters is 1. The number of hydrogen-bond donors (Lipinski definition) is 1. The predicted molar refractivity (Wildman–Crippen MR) is 202 cm³/mol. The van der Waals surface area contributed by atoms with Gasteiger partial charge in [-0.1, -0.05) is 117 Å². The lowest BCUT2D eigenvalue weighted by molar-refractivity contribution is -0.140. The molecule has 0 radical (unpaired) electrons. The van der Waals surface area contributed by atoms with Gasteiger partial charge in [-0.25, -0.2) is 9.48 Å². The lowest BCUT2D eigenvalue weighted by Gasteiger charge is -2.29. The van der Waals surface area contributed by atoms with Crippen molar-refractivity contribution in [3.63, 3.8) is 0 Å². The van der Waals surface area contributed by atoms with Gasteiger partial charge in [-0.15, -0.1) is 5.10 Å². The number of rotatable bonds is 11. The number of ether oxygens (including phenoxy) is 3. The number of methoxy groups -OCH3 is 1. The average molecular weight is 774 g/mol. The number of thioether (sulfide) groups is 1. The first-order valence-electron chi connectivity index (χ1n) is 16.1. The Labute approximate surface area is 310 Å². The highest BCUT2D eigenvalue weighted by Gasteiger charge is 2.36. The van der Waals surface area contributed by atoms with Crippen molar-refractivity contribution in [1.29, 1.82) is 0 Å². The summed E-state index contributed by atoms with van der Waals surface area (Å²) in [5, 5.41) is 9.38. The van der Waals surface area contributed by atoms with Crippen molar-refractivity contribution < 1.29 is 19.0 Å². The molecule has 0 amide bonds. The van der Waals surface area contributed by atoms with E-state index < -0.39 is 12.0 Å². The Hall–Kier alpha value is -4.25. The SMILES string of the molecule is COc1cc(C2C(C(=O)OCc3ccccc3)=C(C)Nc3nc(SCc4ccccc4Cl)nn32)cc(Br)c1OCc1ccc(C(C)(C)C)cc1. The molecular weight excluding hydrogens is 736 g/mol. The number of nitrogens with zero attached hydrogens (tertiary/aromatic N) is 3. The zero-order valence-corrected chi connectivity index (χ0v) is 31.7. The van der Waals surface area contributed by atoms with Gasteiger partial charge in [0.1, 0.15) is 19.3 Å². The molecule has 258 valence electrons. The first-order chi connectivity index (χ1) is 24.0. The van der Waals surface area contributed by atoms with Crippen LogP contribution < -0.4 is 14.8 Å². The van der Waals surface area contributed by atoms with Crippen LogP contribution in [0.1, 0.15) is 61.6 Å². The summed E-state index contributed by atoms with van der Waals surface area (Å²) in [4.78, 5) is 18.7. The summed E-state index contributed by atoms with van der Waals surface area (Å²) in [6.45, 7) is 8.90. The number of allylic oxidation sites excluding steroid dienone is 1. The van der Waals surface area contributed by atoms with E-state index in [-0.39, 0.29) is 12.0 Å². The zero-order valence-electron chi connectivity index (χ0n) is 28.5. The summed E-state index contributed by atoms with van der Waals surface area (Å²) < 4.78 is 20.4. The van der Waals surface area contributed by atoms with Crippen LogP contribution in [0.5, 0.6) is 11.5 Å². The summed E-state index contributed by atoms with van der Waals surface area (Å²) >= 11 is 11.6. The number of anilines is 1. The van der Waals surface area contributed by atoms with Crippen LogP contribution >= 0.6 is 39.3 Å². The summed E-state index contributed by atoms with van der Waals surface area (Å²) in [6, 6.07) is 28.8. The lowest BCUT2D eigenvalue weighted by Crippen LogP contribution is -2.29. The second kappa shape index (κ2) is 15.3. The quantitative estimate of drug-likeness (QED) is 0.105. The number of benzene rings is 4. The number of carbonyl (C=O) groups is 1. The van der Waals surface area contributed by atoms with E-state index in [4.69, 9.17) is 35.9 Å². The van der Waals surface area contributed by atoms with E-state index in [0.29, 0.717) is 55.7 Å². The highest BCUT2D eigenvalue weighted by Crippen LogP contribution is 2.44. The number of halogens is 2. The highest BCUT2D eigenvalue weighted by molar-refractivity contribution is 9.10. The minimum atomic E-state index is -0.680. The molecule has 8 nitrogen and oxygen atoms in total. The Morgan fingerprint density at radius 2 is 1.68 bits per heavy atom. The summed E-state index contributed by atoms with van der Waals surface area (Å²) in [7, 11) is 1.60. The number of nitrogens with one attached hydrogen (secondary N) is 1. The Balaban J connectivity index is 1.32. The lowest BCUT2D eigenvalue weighted by atomic mass is 9.87. The van der Waals surface area contributed by atoms with Gasteiger partial charge in [0.2, 0.25) is 11.1 Å². The number of aromatic nitrogens is 3. The van der Waals surface area contributed by atoms with Gasteiger partial charge in [0.05, 0.1) is 17.2 Å². The third-order valence-electron chi connectivity index (χ3n) is 8.35. The van der Waals surface area contributed by atoms with Crippen LogP contribution in [0, 0.1) is 0 Å². The van der Waals surface area contributed by atoms with Gasteiger partial charge in [-0.05, 0) is 74.3 Å². The molecule has 0 saturated heterocycles. The number of fused-ring (bicyclic) bond motifs is 1. The van der Waals surface area contributed by atoms with Crippen LogP contribution in [0.2, 0.25) is 5.02 Å². The van der Waals surface area contributed by atoms with Crippen molar-refractivity contribution in [2.24, 2.45) is 0 Å². The molecule has 5 aromatic rings. The molecule has 0 aliphatic carbocycles. The summed E-state index contributed by atoms with van der Waals surface area (Å²) in [6.07, 6.45) is 0. The largest absolute Gasteiger partial charge is 0.493 e. The van der Waals surface area contributed by atoms with Crippen LogP contribution in [-0.2, 0) is 33.9 Å². The Bertz CT molecular complexity index is 2030. The Kier molecular flexibility index (Phi) is 10.9. The van der Waals surface area contributed by atoms with Crippen molar-refractivity contribution in [3.8, 4) is 11.5 Å². The predicted octanol–water partition coefficient (Wildman–Crippen LogP) is 9.90. The fraction of sp³-hybridized carbons (Fsp3) is 0.256. The van der Waals surface area contributed by atoms with Gasteiger partial charge in [0.15, 0.2) is 11.5 Å². The maximum Gasteiger partial charge on any atom is 0.338 e. The van der Waals surface area contributed by atoms with E-state index in [0.717, 1.165) is 22.3 Å². The van der Waals surface area contributed by atoms with Crippen LogP contribution in [-0.4, -0.2) is 27.8 Å². The molecule has 6 rings (SSSR count). The first kappa shape index (κ1) is 35.6. The van der Waals surface area contributed by atoms with Crippen LogP contribution in [0.3, 0.4) is 0 Å². The van der Waals surface area contributed by atoms with Crippen LogP contribution in [0.15, 0.2) is 112 Å². The third kappa shape index (κ3) is 8.04. The molecule has 2 heterocycles. The molecule has 1 unspecified atom stereocenters. The molecule has 1 aliphatic rings. The minimum Gasteiger partial charge on any atom is -0.493 e. The first-order valence-corrected chi connectivity index (χ1v) is 18.3. The minimum absolute atomic E-state index is 0.0642. The molecular formula is C39H38BrClN4O4S. The molecule has 50 heavy (non-hydrogen) atoms. The molecule has 1 aliphatic heterocycles. The number of hydrogen-bond acceptors (Lipinski definition) is 8. The normalized spacial score (nSPS) is 14.2. The summed E-state index contributed by atoms with van der Waals surface area (Å²) in [5.74, 6) is 1.67. The van der Waals surface area contributed by atoms with Gasteiger partial charge in [-0.2, -0.15) is 4.98 Å². The molecule has 11 heteroatoms. The molecule has 1 aromatic heterocycles. The standard InChI is InChI=1S/C39H38BrClN4O4S/c1-24-33(36(46)49-22-25-11-7-6-8-12-25)34(45-37(42-24)43-38(44-45)50-23-27-13-9-10-14-31(27)41)28-19-30(40)35(32(20-28)47-5)48-21-26-15-17-29(18-16-26)39(2,3)4/h6-20,34H,21-23H2,1-5H3,(H,42,43,44). The van der Waals surface area contributed by atoms with Gasteiger partial charge < -0.3 is 19.5 Å². The monoisotopic (exact) mass is 772 g/mol. The van der Waals surface area contributed by atoms with Crippen molar-refractivity contribution in [1.82, 2.24) is 14.8 Å². The van der Waals surface area contributed by atoms with Crippen LogP contribution in [0.25, 0.3) is 0 Å². The van der Waals surface area contributed by atoms with Crippen molar-refractivity contribution in [2.45, 2.75) is 63.3 Å². The maximum absolute atomic E-state index is 13.9. The van der Waals surface area contributed by atoms with Crippen molar-refractivity contribution in [3.05, 3.63) is 140 Å². The molecule has 0 bridgehead atoms. The van der Waals surface area contributed by atoms with E-state index in [1.165, 1.54) is 17.3 Å². The second-order valence-electron chi connectivity index (χ2n) is 12.9. The van der Waals surface area contributed by atoms with Crippen molar-refractivity contribution >= 4 is 51.2 Å². The van der Waals surface area contributed by atoms with Gasteiger partial charge in [0.25, 0.3) is 0 Å². The van der Waals surface area contributed by atoms with Crippen LogP contribution in [0.4, 0.5) is 5.95 Å². The van der Waals surface area contributed by atoms with E-state index in [9.17, 15) is 4.79 Å². The molecule has 0 fully saturated rings. The number of carbonyl (C=O) groups excluding carboxylic acids is 1. The van der Waals surface area contributed by atoms with E-state index in [1.807, 2.05) is 73.7 Å². The second-order valence-corrected chi connectivity index (χ2v) is 15.1. The molecule has 4 aromatic carbocycles. The van der Waals surface area contributed by atoms with E-state index in [2.05, 4.69) is 66.3 Å². The fourth-order valence-corrected chi connectivity index (χ4v) is 7.31. The van der Waals surface area contributed by atoms with Crippen molar-refractivity contribution in [2.75, 3.05) is 12.4 Å². The Morgan fingerprint density at radius 3 is 2.38 bits per heavy atom. The summed E-state index contributed by atoms with van der Waals surface area (Å²) in [5.41, 5.74) is 5.97. The molecule has 1 atom stereocenters. The van der Waals surface area contributed by atoms with Gasteiger partial charge in [0, 0.05) is 16.5 Å². The van der Waals surface area contributed by atoms with E-state index >= 15 is 0 Å². The molecule has 0 spiro atoms.